The largest absolute Gasteiger partial charge is 0.281 e. The number of anilines is 1. The highest BCUT2D eigenvalue weighted by molar-refractivity contribution is 5.95. The van der Waals surface area contributed by atoms with Gasteiger partial charge >= 0.3 is 0 Å². The third-order valence-electron chi connectivity index (χ3n) is 2.88. The third kappa shape index (κ3) is 1.75. The van der Waals surface area contributed by atoms with E-state index in [1.54, 1.807) is 6.07 Å². The summed E-state index contributed by atoms with van der Waals surface area (Å²) in [5.41, 5.74) is 1.69. The Morgan fingerprint density at radius 2 is 2.20 bits per heavy atom. The lowest BCUT2D eigenvalue weighted by Crippen LogP contribution is -2.38. The Morgan fingerprint density at radius 1 is 1.47 bits per heavy atom. The summed E-state index contributed by atoms with van der Waals surface area (Å²) in [6.45, 7) is 2.05. The Bertz CT molecular complexity index is 376. The van der Waals surface area contributed by atoms with Crippen molar-refractivity contribution >= 4 is 11.6 Å². The van der Waals surface area contributed by atoms with E-state index in [-0.39, 0.29) is 11.8 Å². The minimum Gasteiger partial charge on any atom is -0.281 e. The Kier molecular flexibility index (Phi) is 2.73. The summed E-state index contributed by atoms with van der Waals surface area (Å²) in [6.07, 6.45) is 2.55. The molecule has 0 aromatic heterocycles. The summed E-state index contributed by atoms with van der Waals surface area (Å²) in [5, 5.41) is 10.5. The van der Waals surface area contributed by atoms with Crippen molar-refractivity contribution in [2.75, 3.05) is 5.06 Å². The number of hydroxylamine groups is 1. The fraction of sp³-hybridized carbons (Fsp3) is 0.417. The first kappa shape index (κ1) is 10.2. The highest BCUT2D eigenvalue weighted by atomic mass is 16.5. The van der Waals surface area contributed by atoms with Crippen LogP contribution >= 0.6 is 0 Å². The standard InChI is InChI=1S/C12H15NO2/c1-2-5-10-8-9-6-3-4-7-11(9)13(15)12(10)14/h3-4,6-7,10,15H,2,5,8H2,1H3. The van der Waals surface area contributed by atoms with Crippen LogP contribution in [0, 0.1) is 5.92 Å². The second-order valence-electron chi connectivity index (χ2n) is 3.97. The molecule has 0 fully saturated rings. The predicted octanol–water partition coefficient (Wildman–Crippen LogP) is 2.38. The number of carbonyl (C=O) groups is 1. The van der Waals surface area contributed by atoms with Gasteiger partial charge in [0.25, 0.3) is 5.91 Å². The van der Waals surface area contributed by atoms with Crippen molar-refractivity contribution < 1.29 is 10.0 Å². The molecule has 0 saturated carbocycles. The van der Waals surface area contributed by atoms with Crippen LogP contribution in [-0.2, 0) is 11.2 Å². The fourth-order valence-corrected chi connectivity index (χ4v) is 2.11. The zero-order valence-corrected chi connectivity index (χ0v) is 8.81. The van der Waals surface area contributed by atoms with Gasteiger partial charge in [-0.1, -0.05) is 31.5 Å². The van der Waals surface area contributed by atoms with Crippen LogP contribution < -0.4 is 5.06 Å². The number of benzene rings is 1. The summed E-state index contributed by atoms with van der Waals surface area (Å²) in [4.78, 5) is 11.8. The Balaban J connectivity index is 2.32. The number of nitrogens with zero attached hydrogens (tertiary/aromatic N) is 1. The van der Waals surface area contributed by atoms with Crippen molar-refractivity contribution in [1.82, 2.24) is 0 Å². The molecule has 1 aliphatic rings. The molecule has 0 saturated heterocycles. The van der Waals surface area contributed by atoms with Crippen LogP contribution in [0.15, 0.2) is 24.3 Å². The van der Waals surface area contributed by atoms with Crippen LogP contribution in [-0.4, -0.2) is 11.1 Å². The molecule has 1 heterocycles. The molecule has 0 spiro atoms. The van der Waals surface area contributed by atoms with Crippen LogP contribution in [0.4, 0.5) is 5.69 Å². The van der Waals surface area contributed by atoms with Crippen LogP contribution in [0.25, 0.3) is 0 Å². The smallest absolute Gasteiger partial charge is 0.254 e. The van der Waals surface area contributed by atoms with Gasteiger partial charge in [0, 0.05) is 5.92 Å². The first-order valence-corrected chi connectivity index (χ1v) is 5.34. The van der Waals surface area contributed by atoms with E-state index in [9.17, 15) is 10.0 Å². The lowest BCUT2D eigenvalue weighted by Gasteiger charge is -2.29. The summed E-state index contributed by atoms with van der Waals surface area (Å²) in [6, 6.07) is 7.50. The van der Waals surface area contributed by atoms with E-state index in [0.29, 0.717) is 5.69 Å². The molecule has 1 aliphatic heterocycles. The number of hydrogen-bond acceptors (Lipinski definition) is 2. The number of fused-ring (bicyclic) bond motifs is 1. The SMILES string of the molecule is CCCC1Cc2ccccc2N(O)C1=O. The highest BCUT2D eigenvalue weighted by Gasteiger charge is 2.30. The molecule has 1 aromatic carbocycles. The van der Waals surface area contributed by atoms with E-state index in [2.05, 4.69) is 6.92 Å². The minimum absolute atomic E-state index is 0.0603. The van der Waals surface area contributed by atoms with Crippen LogP contribution in [0.5, 0.6) is 0 Å². The second-order valence-corrected chi connectivity index (χ2v) is 3.97. The van der Waals surface area contributed by atoms with Crippen molar-refractivity contribution in [3.63, 3.8) is 0 Å². The van der Waals surface area contributed by atoms with E-state index >= 15 is 0 Å². The predicted molar refractivity (Wildman–Crippen MR) is 57.8 cm³/mol. The van der Waals surface area contributed by atoms with Crippen LogP contribution in [0.1, 0.15) is 25.3 Å². The van der Waals surface area contributed by atoms with E-state index in [1.807, 2.05) is 18.2 Å². The van der Waals surface area contributed by atoms with Crippen molar-refractivity contribution in [3.05, 3.63) is 29.8 Å². The maximum atomic E-state index is 11.8. The number of para-hydroxylation sites is 1. The summed E-state index contributed by atoms with van der Waals surface area (Å²) < 4.78 is 0. The normalized spacial score (nSPS) is 20.3. The molecule has 0 radical (unpaired) electrons. The maximum absolute atomic E-state index is 11.8. The van der Waals surface area contributed by atoms with Gasteiger partial charge in [-0.2, -0.15) is 5.06 Å². The summed E-state index contributed by atoms with van der Waals surface area (Å²) >= 11 is 0. The molecule has 1 unspecified atom stereocenters. The number of amides is 1. The Labute approximate surface area is 89.3 Å². The molecule has 1 N–H and O–H groups in total. The molecule has 0 bridgehead atoms. The molecule has 2 rings (SSSR count). The average molecular weight is 205 g/mol. The first-order chi connectivity index (χ1) is 7.24. The monoisotopic (exact) mass is 205 g/mol. The van der Waals surface area contributed by atoms with Gasteiger partial charge in [-0.15, -0.1) is 0 Å². The summed E-state index contributed by atoms with van der Waals surface area (Å²) in [7, 11) is 0. The lowest BCUT2D eigenvalue weighted by molar-refractivity contribution is -0.128. The van der Waals surface area contributed by atoms with Gasteiger partial charge in [-0.25, -0.2) is 0 Å². The molecule has 0 aliphatic carbocycles. The molecule has 15 heavy (non-hydrogen) atoms. The minimum atomic E-state index is -0.171. The van der Waals surface area contributed by atoms with Gasteiger partial charge in [0.1, 0.15) is 0 Å². The zero-order chi connectivity index (χ0) is 10.8. The van der Waals surface area contributed by atoms with E-state index in [1.165, 1.54) is 0 Å². The van der Waals surface area contributed by atoms with Crippen LogP contribution in [0.3, 0.4) is 0 Å². The molecule has 1 atom stereocenters. The molecule has 1 amide bonds. The molecule has 3 nitrogen and oxygen atoms in total. The Morgan fingerprint density at radius 3 is 2.93 bits per heavy atom. The van der Waals surface area contributed by atoms with Crippen LogP contribution in [0.2, 0.25) is 0 Å². The average Bonchev–Trinajstić information content (AvgIpc) is 2.26. The lowest BCUT2D eigenvalue weighted by atomic mass is 9.90. The van der Waals surface area contributed by atoms with Crippen molar-refractivity contribution in [1.29, 1.82) is 0 Å². The molecule has 80 valence electrons. The first-order valence-electron chi connectivity index (χ1n) is 5.34. The van der Waals surface area contributed by atoms with Gasteiger partial charge in [0.15, 0.2) is 0 Å². The van der Waals surface area contributed by atoms with E-state index < -0.39 is 0 Å². The second kappa shape index (κ2) is 4.03. The van der Waals surface area contributed by atoms with E-state index in [0.717, 1.165) is 29.9 Å². The van der Waals surface area contributed by atoms with Gasteiger partial charge in [0.05, 0.1) is 5.69 Å². The van der Waals surface area contributed by atoms with Gasteiger partial charge in [0.2, 0.25) is 0 Å². The van der Waals surface area contributed by atoms with Gasteiger partial charge in [-0.3, -0.25) is 10.0 Å². The van der Waals surface area contributed by atoms with Crippen molar-refractivity contribution in [2.45, 2.75) is 26.2 Å². The molecule has 1 aromatic rings. The summed E-state index contributed by atoms with van der Waals surface area (Å²) in [5.74, 6) is -0.231. The fourth-order valence-electron chi connectivity index (χ4n) is 2.11. The third-order valence-corrected chi connectivity index (χ3v) is 2.88. The number of rotatable bonds is 2. The topological polar surface area (TPSA) is 40.5 Å². The number of carbonyl (C=O) groups excluding carboxylic acids is 1. The van der Waals surface area contributed by atoms with Crippen molar-refractivity contribution in [2.24, 2.45) is 5.92 Å². The molecule has 3 heteroatoms. The van der Waals surface area contributed by atoms with E-state index in [4.69, 9.17) is 0 Å². The van der Waals surface area contributed by atoms with Gasteiger partial charge < -0.3 is 0 Å². The van der Waals surface area contributed by atoms with Gasteiger partial charge in [-0.05, 0) is 24.5 Å². The molecular weight excluding hydrogens is 190 g/mol. The quantitative estimate of drug-likeness (QED) is 0.753. The van der Waals surface area contributed by atoms with Crippen molar-refractivity contribution in [3.8, 4) is 0 Å². The zero-order valence-electron chi connectivity index (χ0n) is 8.81. The Hall–Kier alpha value is -1.35. The number of hydrogen-bond donors (Lipinski definition) is 1. The highest BCUT2D eigenvalue weighted by Crippen LogP contribution is 2.30. The molecular formula is C12H15NO2. The maximum Gasteiger partial charge on any atom is 0.254 e.